The molecule has 198 valence electrons. The Balaban J connectivity index is 1.57. The first kappa shape index (κ1) is 25.4. The van der Waals surface area contributed by atoms with E-state index < -0.39 is 11.9 Å². The zero-order valence-corrected chi connectivity index (χ0v) is 21.4. The van der Waals surface area contributed by atoms with E-state index in [2.05, 4.69) is 10.3 Å². The minimum Gasteiger partial charge on any atom is -0.497 e. The van der Waals surface area contributed by atoms with Gasteiger partial charge in [-0.15, -0.1) is 0 Å². The van der Waals surface area contributed by atoms with E-state index in [1.807, 2.05) is 12.1 Å². The highest BCUT2D eigenvalue weighted by Gasteiger charge is 2.29. The van der Waals surface area contributed by atoms with Gasteiger partial charge in [-0.2, -0.15) is 0 Å². The molecular weight excluding hydrogens is 491 g/mol. The van der Waals surface area contributed by atoms with Crippen molar-refractivity contribution in [2.75, 3.05) is 46.5 Å². The number of rotatable bonds is 11. The van der Waals surface area contributed by atoms with E-state index in [0.29, 0.717) is 48.1 Å². The molecule has 0 saturated heterocycles. The maximum Gasteiger partial charge on any atom is 0.191 e. The number of hydrogen-bond acceptors (Lipinski definition) is 7. The van der Waals surface area contributed by atoms with Crippen LogP contribution in [0.15, 0.2) is 54.7 Å². The summed E-state index contributed by atoms with van der Waals surface area (Å²) >= 11 is 0. The standard InChI is InChI=1S/C29H29FN2O6/c1-34-8-9-37-21-13-19(12-20(14-21)35-2)32-28(22-5-4-18(30)11-27(22)36-3)29(33)24-16-31-25-15-26-17(6-7-38-26)10-23(24)25/h4-5,10-16,28,31-32H,6-9H2,1-3H3. The molecule has 9 heteroatoms. The largest absolute Gasteiger partial charge is 0.497 e. The lowest BCUT2D eigenvalue weighted by Crippen LogP contribution is -2.22. The Bertz CT molecular complexity index is 1470. The summed E-state index contributed by atoms with van der Waals surface area (Å²) in [7, 11) is 4.60. The van der Waals surface area contributed by atoms with E-state index in [9.17, 15) is 9.18 Å². The molecule has 0 aliphatic carbocycles. The van der Waals surface area contributed by atoms with Gasteiger partial charge in [0.05, 0.1) is 27.4 Å². The molecule has 1 unspecified atom stereocenters. The zero-order valence-electron chi connectivity index (χ0n) is 21.4. The van der Waals surface area contributed by atoms with Gasteiger partial charge in [0.1, 0.15) is 41.5 Å². The normalized spacial score (nSPS) is 13.1. The maximum absolute atomic E-state index is 14.2. The van der Waals surface area contributed by atoms with Gasteiger partial charge in [0.25, 0.3) is 0 Å². The van der Waals surface area contributed by atoms with Gasteiger partial charge in [0.2, 0.25) is 0 Å². The molecule has 2 N–H and O–H groups in total. The van der Waals surface area contributed by atoms with Crippen LogP contribution in [-0.2, 0) is 11.2 Å². The number of carbonyl (C=O) groups is 1. The Labute approximate surface area is 219 Å². The summed E-state index contributed by atoms with van der Waals surface area (Å²) in [6, 6.07) is 12.4. The first-order valence-corrected chi connectivity index (χ1v) is 12.2. The number of halogens is 1. The quantitative estimate of drug-likeness (QED) is 0.204. The van der Waals surface area contributed by atoms with Gasteiger partial charge in [-0.05, 0) is 23.8 Å². The second-order valence-corrected chi connectivity index (χ2v) is 8.87. The Morgan fingerprint density at radius 3 is 2.68 bits per heavy atom. The van der Waals surface area contributed by atoms with E-state index in [4.69, 9.17) is 23.7 Å². The van der Waals surface area contributed by atoms with Crippen LogP contribution >= 0.6 is 0 Å². The van der Waals surface area contributed by atoms with Crippen LogP contribution < -0.4 is 24.3 Å². The van der Waals surface area contributed by atoms with Crippen molar-refractivity contribution in [3.05, 3.63) is 77.2 Å². The summed E-state index contributed by atoms with van der Waals surface area (Å²) in [4.78, 5) is 17.4. The van der Waals surface area contributed by atoms with Crippen LogP contribution in [0.1, 0.15) is 27.5 Å². The lowest BCUT2D eigenvalue weighted by atomic mass is 9.95. The van der Waals surface area contributed by atoms with Crippen molar-refractivity contribution in [1.29, 1.82) is 0 Å². The van der Waals surface area contributed by atoms with Gasteiger partial charge < -0.3 is 34.0 Å². The molecular formula is C29H29FN2O6. The highest BCUT2D eigenvalue weighted by Crippen LogP contribution is 2.37. The van der Waals surface area contributed by atoms with Crippen molar-refractivity contribution in [1.82, 2.24) is 4.98 Å². The van der Waals surface area contributed by atoms with Crippen LogP contribution in [0, 0.1) is 5.82 Å². The molecule has 3 aromatic carbocycles. The van der Waals surface area contributed by atoms with Crippen molar-refractivity contribution in [2.45, 2.75) is 12.5 Å². The number of ether oxygens (including phenoxy) is 5. The molecule has 0 fully saturated rings. The first-order chi connectivity index (χ1) is 18.5. The van der Waals surface area contributed by atoms with Crippen LogP contribution in [-0.4, -0.2) is 51.9 Å². The van der Waals surface area contributed by atoms with E-state index in [1.54, 1.807) is 44.7 Å². The number of benzene rings is 3. The first-order valence-electron chi connectivity index (χ1n) is 12.2. The third-order valence-electron chi connectivity index (χ3n) is 6.51. The summed E-state index contributed by atoms with van der Waals surface area (Å²) in [6.07, 6.45) is 2.48. The Kier molecular flexibility index (Phi) is 7.37. The predicted molar refractivity (Wildman–Crippen MR) is 142 cm³/mol. The molecule has 0 spiro atoms. The molecule has 5 rings (SSSR count). The average Bonchev–Trinajstić information content (AvgIpc) is 3.56. The van der Waals surface area contributed by atoms with Crippen LogP contribution in [0.5, 0.6) is 23.0 Å². The zero-order chi connectivity index (χ0) is 26.6. The Morgan fingerprint density at radius 2 is 1.89 bits per heavy atom. The maximum atomic E-state index is 14.2. The number of methoxy groups -OCH3 is 3. The number of aromatic amines is 1. The van der Waals surface area contributed by atoms with Crippen LogP contribution in [0.4, 0.5) is 10.1 Å². The van der Waals surface area contributed by atoms with Crippen LogP contribution in [0.2, 0.25) is 0 Å². The number of fused-ring (bicyclic) bond motifs is 2. The monoisotopic (exact) mass is 520 g/mol. The smallest absolute Gasteiger partial charge is 0.191 e. The van der Waals surface area contributed by atoms with Crippen molar-refractivity contribution in [3.63, 3.8) is 0 Å². The van der Waals surface area contributed by atoms with Gasteiger partial charge in [0.15, 0.2) is 5.78 Å². The molecule has 0 amide bonds. The van der Waals surface area contributed by atoms with Gasteiger partial charge >= 0.3 is 0 Å². The van der Waals surface area contributed by atoms with Crippen molar-refractivity contribution >= 4 is 22.4 Å². The number of carbonyl (C=O) groups excluding carboxylic acids is 1. The lowest BCUT2D eigenvalue weighted by molar-refractivity contribution is 0.0970. The molecule has 1 aliphatic rings. The fraction of sp³-hybridized carbons (Fsp3) is 0.276. The summed E-state index contributed by atoms with van der Waals surface area (Å²) in [5.74, 6) is 1.49. The molecule has 8 nitrogen and oxygen atoms in total. The fourth-order valence-corrected chi connectivity index (χ4v) is 4.63. The SMILES string of the molecule is COCCOc1cc(NC(C(=O)c2c[nH]c3cc4c(cc23)CCO4)c2ccc(F)cc2OC)cc(OC)c1. The van der Waals surface area contributed by atoms with Crippen molar-refractivity contribution in [3.8, 4) is 23.0 Å². The number of Topliss-reactive ketones (excluding diaryl/α,β-unsaturated/α-hetero) is 1. The summed E-state index contributed by atoms with van der Waals surface area (Å²) < 4.78 is 41.6. The number of ketones is 1. The van der Waals surface area contributed by atoms with Crippen molar-refractivity contribution in [2.24, 2.45) is 0 Å². The lowest BCUT2D eigenvalue weighted by Gasteiger charge is -2.22. The minimum atomic E-state index is -0.909. The summed E-state index contributed by atoms with van der Waals surface area (Å²) in [6.45, 7) is 1.39. The Morgan fingerprint density at radius 1 is 1.05 bits per heavy atom. The van der Waals surface area contributed by atoms with Gasteiger partial charge in [-0.25, -0.2) is 4.39 Å². The molecule has 38 heavy (non-hydrogen) atoms. The van der Waals surface area contributed by atoms with Gasteiger partial charge in [-0.3, -0.25) is 4.79 Å². The summed E-state index contributed by atoms with van der Waals surface area (Å²) in [5, 5.41) is 4.11. The molecule has 4 aromatic rings. The highest BCUT2D eigenvalue weighted by atomic mass is 19.1. The third kappa shape index (κ3) is 5.10. The second-order valence-electron chi connectivity index (χ2n) is 8.87. The number of aromatic nitrogens is 1. The number of hydrogen-bond donors (Lipinski definition) is 2. The minimum absolute atomic E-state index is 0.218. The highest BCUT2D eigenvalue weighted by molar-refractivity contribution is 6.12. The summed E-state index contributed by atoms with van der Waals surface area (Å²) in [5.41, 5.74) is 3.42. The average molecular weight is 521 g/mol. The molecule has 1 aliphatic heterocycles. The van der Waals surface area contributed by atoms with Crippen LogP contribution in [0.25, 0.3) is 10.9 Å². The molecule has 0 bridgehead atoms. The fourth-order valence-electron chi connectivity index (χ4n) is 4.63. The number of anilines is 1. The number of H-pyrrole nitrogens is 1. The van der Waals surface area contributed by atoms with E-state index in [0.717, 1.165) is 28.6 Å². The molecule has 1 aromatic heterocycles. The predicted octanol–water partition coefficient (Wildman–Crippen LogP) is 5.32. The molecule has 1 atom stereocenters. The van der Waals surface area contributed by atoms with Gasteiger partial charge in [-0.1, -0.05) is 0 Å². The van der Waals surface area contributed by atoms with Crippen LogP contribution in [0.3, 0.4) is 0 Å². The number of nitrogens with one attached hydrogen (secondary N) is 2. The third-order valence-corrected chi connectivity index (χ3v) is 6.51. The van der Waals surface area contributed by atoms with E-state index in [1.165, 1.54) is 19.2 Å². The molecule has 0 radical (unpaired) electrons. The van der Waals surface area contributed by atoms with E-state index in [-0.39, 0.29) is 11.5 Å². The van der Waals surface area contributed by atoms with E-state index >= 15 is 0 Å². The molecule has 0 saturated carbocycles. The Hall–Kier alpha value is -4.24. The molecule has 2 heterocycles. The topological polar surface area (TPSA) is 91.0 Å². The van der Waals surface area contributed by atoms with Gasteiger partial charge in [0, 0.05) is 77.8 Å². The van der Waals surface area contributed by atoms with Crippen molar-refractivity contribution < 1.29 is 32.9 Å². The second kappa shape index (κ2) is 11.0.